The van der Waals surface area contributed by atoms with Gasteiger partial charge in [-0.25, -0.2) is 0 Å². The summed E-state index contributed by atoms with van der Waals surface area (Å²) < 4.78 is 0. The Hall–Kier alpha value is -0.0400. The molecule has 1 aliphatic carbocycles. The number of nitrogens with zero attached hydrogens (tertiary/aromatic N) is 1. The van der Waals surface area contributed by atoms with Gasteiger partial charge in [0.05, 0.1) is 0 Å². The Morgan fingerprint density at radius 1 is 0.929 bits per heavy atom. The monoisotopic (exact) mass is 195 g/mol. The van der Waals surface area contributed by atoms with Crippen LogP contribution in [0.5, 0.6) is 0 Å². The Morgan fingerprint density at radius 3 is 2.00 bits per heavy atom. The Balaban J connectivity index is 1.99. The van der Waals surface area contributed by atoms with Crippen LogP contribution in [0.15, 0.2) is 0 Å². The third-order valence-corrected chi connectivity index (χ3v) is 4.07. The van der Waals surface area contributed by atoms with Gasteiger partial charge in [-0.15, -0.1) is 0 Å². The fourth-order valence-corrected chi connectivity index (χ4v) is 3.02. The standard InChI is InChI=1S/C13H25N/c1-10-5-6-12(11-7-8-11)9-14(10)13(2,3)4/h10-12H,5-9H2,1-4H3/t10-,12-/m1/s1. The van der Waals surface area contributed by atoms with Crippen LogP contribution in [0.4, 0.5) is 0 Å². The van der Waals surface area contributed by atoms with E-state index >= 15 is 0 Å². The van der Waals surface area contributed by atoms with E-state index in [1.165, 1.54) is 32.2 Å². The fraction of sp³-hybridized carbons (Fsp3) is 1.00. The Labute approximate surface area is 88.9 Å². The molecule has 0 unspecified atom stereocenters. The fourth-order valence-electron chi connectivity index (χ4n) is 3.02. The molecule has 2 atom stereocenters. The summed E-state index contributed by atoms with van der Waals surface area (Å²) in [6.07, 6.45) is 5.92. The summed E-state index contributed by atoms with van der Waals surface area (Å²) in [5.74, 6) is 2.11. The van der Waals surface area contributed by atoms with Crippen molar-refractivity contribution in [3.05, 3.63) is 0 Å². The molecular weight excluding hydrogens is 170 g/mol. The molecule has 0 spiro atoms. The summed E-state index contributed by atoms with van der Waals surface area (Å²) in [7, 11) is 0. The molecule has 0 aromatic rings. The summed E-state index contributed by atoms with van der Waals surface area (Å²) in [5, 5.41) is 0. The van der Waals surface area contributed by atoms with Crippen LogP contribution in [0, 0.1) is 11.8 Å². The Kier molecular flexibility index (Phi) is 2.63. The average molecular weight is 195 g/mol. The maximum absolute atomic E-state index is 2.72. The van der Waals surface area contributed by atoms with Gasteiger partial charge >= 0.3 is 0 Å². The maximum atomic E-state index is 2.72. The molecule has 1 heterocycles. The van der Waals surface area contributed by atoms with Gasteiger partial charge in [0.25, 0.3) is 0 Å². The van der Waals surface area contributed by atoms with Gasteiger partial charge in [-0.2, -0.15) is 0 Å². The van der Waals surface area contributed by atoms with E-state index in [1.807, 2.05) is 0 Å². The zero-order valence-electron chi connectivity index (χ0n) is 10.2. The molecule has 1 saturated carbocycles. The first-order chi connectivity index (χ1) is 6.48. The lowest BCUT2D eigenvalue weighted by molar-refractivity contribution is 0.0277. The predicted octanol–water partition coefficient (Wildman–Crippen LogP) is 3.30. The number of rotatable bonds is 1. The summed E-state index contributed by atoms with van der Waals surface area (Å²) in [5.41, 5.74) is 0.368. The molecule has 82 valence electrons. The molecule has 0 aromatic carbocycles. The van der Waals surface area contributed by atoms with Crippen molar-refractivity contribution in [2.45, 2.75) is 65.0 Å². The summed E-state index contributed by atoms with van der Waals surface area (Å²) >= 11 is 0. The maximum Gasteiger partial charge on any atom is 0.0127 e. The van der Waals surface area contributed by atoms with Crippen LogP contribution in [0.3, 0.4) is 0 Å². The minimum Gasteiger partial charge on any atom is -0.296 e. The zero-order chi connectivity index (χ0) is 10.3. The van der Waals surface area contributed by atoms with Crippen molar-refractivity contribution in [1.82, 2.24) is 4.90 Å². The number of likely N-dealkylation sites (tertiary alicyclic amines) is 1. The number of hydrogen-bond acceptors (Lipinski definition) is 1. The molecule has 1 aliphatic heterocycles. The van der Waals surface area contributed by atoms with Crippen LogP contribution >= 0.6 is 0 Å². The van der Waals surface area contributed by atoms with Crippen LogP contribution in [0.1, 0.15) is 53.4 Å². The molecule has 1 nitrogen and oxygen atoms in total. The third-order valence-electron chi connectivity index (χ3n) is 4.07. The van der Waals surface area contributed by atoms with Crippen molar-refractivity contribution in [3.8, 4) is 0 Å². The number of hydrogen-bond donors (Lipinski definition) is 0. The highest BCUT2D eigenvalue weighted by Gasteiger charge is 2.39. The van der Waals surface area contributed by atoms with Crippen molar-refractivity contribution in [2.24, 2.45) is 11.8 Å². The Bertz CT molecular complexity index is 200. The predicted molar refractivity (Wildman–Crippen MR) is 61.4 cm³/mol. The molecule has 2 fully saturated rings. The van der Waals surface area contributed by atoms with E-state index in [9.17, 15) is 0 Å². The van der Waals surface area contributed by atoms with E-state index in [2.05, 4.69) is 32.6 Å². The lowest BCUT2D eigenvalue weighted by Gasteiger charge is -2.46. The van der Waals surface area contributed by atoms with Crippen molar-refractivity contribution >= 4 is 0 Å². The smallest absolute Gasteiger partial charge is 0.0127 e. The van der Waals surface area contributed by atoms with Gasteiger partial charge in [-0.1, -0.05) is 0 Å². The summed E-state index contributed by atoms with van der Waals surface area (Å²) in [4.78, 5) is 2.72. The molecule has 0 amide bonds. The van der Waals surface area contributed by atoms with Crippen molar-refractivity contribution in [2.75, 3.05) is 6.54 Å². The van der Waals surface area contributed by atoms with E-state index in [1.54, 1.807) is 0 Å². The first-order valence-electron chi connectivity index (χ1n) is 6.25. The highest BCUT2D eigenvalue weighted by molar-refractivity contribution is 4.92. The van der Waals surface area contributed by atoms with Crippen molar-refractivity contribution in [3.63, 3.8) is 0 Å². The lowest BCUT2D eigenvalue weighted by atomic mass is 9.86. The second kappa shape index (κ2) is 3.52. The van der Waals surface area contributed by atoms with Gasteiger partial charge in [0.2, 0.25) is 0 Å². The molecule has 2 rings (SSSR count). The van der Waals surface area contributed by atoms with Crippen molar-refractivity contribution < 1.29 is 0 Å². The molecular formula is C13H25N. The quantitative estimate of drug-likeness (QED) is 0.620. The molecule has 0 N–H and O–H groups in total. The molecule has 2 aliphatic rings. The minimum atomic E-state index is 0.368. The van der Waals surface area contributed by atoms with Crippen molar-refractivity contribution in [1.29, 1.82) is 0 Å². The molecule has 1 heteroatoms. The molecule has 1 saturated heterocycles. The van der Waals surface area contributed by atoms with E-state index in [-0.39, 0.29) is 0 Å². The molecule has 0 radical (unpaired) electrons. The summed E-state index contributed by atoms with van der Waals surface area (Å²) in [6, 6.07) is 0.796. The van der Waals surface area contributed by atoms with E-state index in [4.69, 9.17) is 0 Å². The SMILES string of the molecule is C[C@@H]1CC[C@@H](C2CC2)CN1C(C)(C)C. The van der Waals surface area contributed by atoms with Crippen LogP contribution in [-0.2, 0) is 0 Å². The van der Waals surface area contributed by atoms with Gasteiger partial charge in [-0.05, 0) is 65.2 Å². The molecule has 0 bridgehead atoms. The Morgan fingerprint density at radius 2 is 1.50 bits per heavy atom. The highest BCUT2D eigenvalue weighted by Crippen LogP contribution is 2.43. The average Bonchev–Trinajstić information content (AvgIpc) is 2.85. The third kappa shape index (κ3) is 2.13. The largest absolute Gasteiger partial charge is 0.296 e. The second-order valence-electron chi connectivity index (χ2n) is 6.35. The van der Waals surface area contributed by atoms with E-state index < -0.39 is 0 Å². The molecule has 14 heavy (non-hydrogen) atoms. The van der Waals surface area contributed by atoms with Crippen LogP contribution in [0.2, 0.25) is 0 Å². The summed E-state index contributed by atoms with van der Waals surface area (Å²) in [6.45, 7) is 10.8. The first kappa shape index (κ1) is 10.5. The number of piperidine rings is 1. The van der Waals surface area contributed by atoms with Crippen LogP contribution in [0.25, 0.3) is 0 Å². The first-order valence-corrected chi connectivity index (χ1v) is 6.25. The second-order valence-corrected chi connectivity index (χ2v) is 6.35. The normalized spacial score (nSPS) is 36.0. The minimum absolute atomic E-state index is 0.368. The van der Waals surface area contributed by atoms with E-state index in [0.717, 1.165) is 17.9 Å². The zero-order valence-corrected chi connectivity index (χ0v) is 10.2. The van der Waals surface area contributed by atoms with Crippen LogP contribution in [-0.4, -0.2) is 23.0 Å². The van der Waals surface area contributed by atoms with Gasteiger partial charge in [0.15, 0.2) is 0 Å². The lowest BCUT2D eigenvalue weighted by Crippen LogP contribution is -2.52. The highest BCUT2D eigenvalue weighted by atomic mass is 15.2. The molecule has 0 aromatic heterocycles. The van der Waals surface area contributed by atoms with E-state index in [0.29, 0.717) is 5.54 Å². The van der Waals surface area contributed by atoms with Crippen LogP contribution < -0.4 is 0 Å². The van der Waals surface area contributed by atoms with Gasteiger partial charge in [0.1, 0.15) is 0 Å². The van der Waals surface area contributed by atoms with Gasteiger partial charge in [0, 0.05) is 18.1 Å². The topological polar surface area (TPSA) is 3.24 Å². The van der Waals surface area contributed by atoms with Gasteiger partial charge in [-0.3, -0.25) is 4.90 Å². The van der Waals surface area contributed by atoms with Gasteiger partial charge < -0.3 is 0 Å².